The third-order valence-corrected chi connectivity index (χ3v) is 4.84. The van der Waals surface area contributed by atoms with E-state index in [1.807, 2.05) is 0 Å². The smallest absolute Gasteiger partial charge is 1.00 e. The monoisotopic (exact) mass is 470 g/mol. The number of epoxide rings is 1. The Morgan fingerprint density at radius 3 is 0.889 bits per heavy atom. The SMILES string of the molecule is CC(C)(O)C(C)(C)Cl.CC(C)=C(C)C.CC1(C)OC1(C)C.OCl.[Cl-].[Na+].[Na+].[OH-]. The van der Waals surface area contributed by atoms with Crippen molar-refractivity contribution in [3.05, 3.63) is 11.1 Å². The van der Waals surface area contributed by atoms with Crippen molar-refractivity contribution >= 4 is 23.5 Å². The van der Waals surface area contributed by atoms with E-state index in [1.54, 1.807) is 27.7 Å². The minimum Gasteiger partial charge on any atom is -1.00 e. The molecule has 158 valence electrons. The molecule has 1 rings (SSSR count). The number of aliphatic hydroxyl groups is 1. The summed E-state index contributed by atoms with van der Waals surface area (Å²) in [6, 6.07) is 0. The van der Waals surface area contributed by atoms with E-state index in [0.29, 0.717) is 0 Å². The van der Waals surface area contributed by atoms with Gasteiger partial charge in [-0.3, -0.25) is 4.66 Å². The zero-order valence-corrected chi connectivity index (χ0v) is 26.2. The molecule has 4 nitrogen and oxygen atoms in total. The van der Waals surface area contributed by atoms with Crippen molar-refractivity contribution in [2.75, 3.05) is 0 Å². The number of alkyl halides is 1. The first-order valence-corrected chi connectivity index (χ1v) is 8.46. The van der Waals surface area contributed by atoms with Gasteiger partial charge in [-0.15, -0.1) is 11.6 Å². The number of allylic oxidation sites excluding steroid dienone is 2. The standard InChI is InChI=1S/C6H13ClO.C6H12O.C6H12.ClHO.ClH.2Na.H2O/c1-5(2,7)6(3,4)8;1-5(2)6(3,4)7-5;1-5(2)6(3)4;1-2;;;;/h8H,1-4H3;1-4H3;1-4H3;2H;1H;;;1H2/q;;;;;2*+1;/p-2. The first-order valence-electron chi connectivity index (χ1n) is 7.74. The summed E-state index contributed by atoms with van der Waals surface area (Å²) >= 11 is 9.40. The van der Waals surface area contributed by atoms with E-state index in [1.165, 1.54) is 11.1 Å². The third-order valence-electron chi connectivity index (χ3n) is 4.37. The van der Waals surface area contributed by atoms with Crippen molar-refractivity contribution in [2.45, 2.75) is 105 Å². The van der Waals surface area contributed by atoms with E-state index in [4.69, 9.17) is 21.0 Å². The van der Waals surface area contributed by atoms with E-state index in [2.05, 4.69) is 67.3 Å². The van der Waals surface area contributed by atoms with Gasteiger partial charge in [0.2, 0.25) is 0 Å². The molecule has 0 saturated carbocycles. The summed E-state index contributed by atoms with van der Waals surface area (Å²) in [5.41, 5.74) is 2.35. The van der Waals surface area contributed by atoms with Gasteiger partial charge < -0.3 is 27.7 Å². The van der Waals surface area contributed by atoms with Crippen molar-refractivity contribution < 1.29 is 91.5 Å². The number of hydrogen-bond donors (Lipinski definition) is 2. The summed E-state index contributed by atoms with van der Waals surface area (Å²) in [4.78, 5) is -0.535. The molecule has 0 aromatic heterocycles. The van der Waals surface area contributed by atoms with Gasteiger partial charge in [0.1, 0.15) is 0 Å². The van der Waals surface area contributed by atoms with Gasteiger partial charge in [0.15, 0.2) is 0 Å². The molecule has 27 heavy (non-hydrogen) atoms. The van der Waals surface area contributed by atoms with E-state index in [0.717, 1.165) is 0 Å². The van der Waals surface area contributed by atoms with Gasteiger partial charge >= 0.3 is 59.1 Å². The molecular weight excluding hydrogens is 433 g/mol. The Morgan fingerprint density at radius 1 is 0.778 bits per heavy atom. The minimum atomic E-state index is -0.797. The Morgan fingerprint density at radius 2 is 0.889 bits per heavy atom. The fourth-order valence-electron chi connectivity index (χ4n) is 0.612. The molecule has 0 aromatic carbocycles. The van der Waals surface area contributed by atoms with Crippen molar-refractivity contribution in [2.24, 2.45) is 0 Å². The van der Waals surface area contributed by atoms with Crippen LogP contribution in [0.25, 0.3) is 0 Å². The van der Waals surface area contributed by atoms with Crippen LogP contribution in [0.3, 0.4) is 0 Å². The van der Waals surface area contributed by atoms with Crippen LogP contribution in [0.15, 0.2) is 11.1 Å². The molecule has 1 aliphatic rings. The predicted molar refractivity (Wildman–Crippen MR) is 105 cm³/mol. The van der Waals surface area contributed by atoms with E-state index >= 15 is 0 Å². The summed E-state index contributed by atoms with van der Waals surface area (Å²) in [5.74, 6) is 0. The molecule has 1 heterocycles. The van der Waals surface area contributed by atoms with Crippen molar-refractivity contribution in [3.63, 3.8) is 0 Å². The third kappa shape index (κ3) is 24.6. The molecule has 0 aromatic rings. The van der Waals surface area contributed by atoms with Crippen LogP contribution in [-0.4, -0.2) is 36.9 Å². The average molecular weight is 472 g/mol. The number of ether oxygens (including phenoxy) is 1. The second-order valence-corrected chi connectivity index (χ2v) is 9.10. The van der Waals surface area contributed by atoms with Gasteiger partial charge in [-0.2, -0.15) is 0 Å². The Labute approximate surface area is 228 Å². The van der Waals surface area contributed by atoms with Crippen LogP contribution in [-0.2, 0) is 4.74 Å². The van der Waals surface area contributed by atoms with Gasteiger partial charge in [0, 0.05) is 0 Å². The zero-order valence-electron chi connectivity index (χ0n) is 19.9. The molecule has 1 aliphatic heterocycles. The van der Waals surface area contributed by atoms with Crippen LogP contribution in [0.1, 0.15) is 83.1 Å². The van der Waals surface area contributed by atoms with Crippen LogP contribution in [0.4, 0.5) is 0 Å². The molecule has 0 radical (unpaired) electrons. The van der Waals surface area contributed by atoms with E-state index < -0.39 is 10.5 Å². The van der Waals surface area contributed by atoms with Crippen LogP contribution in [0, 0.1) is 0 Å². The Hall–Kier alpha value is 2.45. The van der Waals surface area contributed by atoms with Gasteiger partial charge in [-0.1, -0.05) is 11.1 Å². The Balaban J connectivity index is -0.0000000399. The van der Waals surface area contributed by atoms with Crippen molar-refractivity contribution in [1.29, 1.82) is 0 Å². The number of hydrogen-bond acceptors (Lipinski definition) is 4. The molecule has 1 saturated heterocycles. The summed E-state index contributed by atoms with van der Waals surface area (Å²) in [6.07, 6.45) is 0. The second kappa shape index (κ2) is 19.2. The molecule has 0 aliphatic carbocycles. The average Bonchev–Trinajstić information content (AvgIpc) is 2.75. The fourth-order valence-corrected chi connectivity index (χ4v) is 0.612. The normalized spacial score (nSPS) is 14.7. The van der Waals surface area contributed by atoms with Gasteiger partial charge in [-0.25, -0.2) is 0 Å². The molecule has 3 N–H and O–H groups in total. The maximum Gasteiger partial charge on any atom is 1.00 e. The zero-order chi connectivity index (χ0) is 19.9. The van der Waals surface area contributed by atoms with Crippen molar-refractivity contribution in [3.8, 4) is 0 Å². The first-order chi connectivity index (χ1) is 9.85. The summed E-state index contributed by atoms with van der Waals surface area (Å²) in [6.45, 7) is 23.9. The van der Waals surface area contributed by atoms with Crippen LogP contribution >= 0.6 is 23.5 Å². The second-order valence-electron chi connectivity index (χ2n) is 8.15. The van der Waals surface area contributed by atoms with Crippen LogP contribution in [0.2, 0.25) is 0 Å². The van der Waals surface area contributed by atoms with Crippen LogP contribution < -0.4 is 71.5 Å². The Bertz CT molecular complexity index is 334. The predicted octanol–water partition coefficient (Wildman–Crippen LogP) is -3.32. The van der Waals surface area contributed by atoms with Crippen LogP contribution in [0.5, 0.6) is 0 Å². The molecule has 1 fully saturated rings. The van der Waals surface area contributed by atoms with Gasteiger partial charge in [0.25, 0.3) is 0 Å². The molecule has 0 spiro atoms. The largest absolute Gasteiger partial charge is 1.00 e. The van der Waals surface area contributed by atoms with Crippen molar-refractivity contribution in [1.82, 2.24) is 0 Å². The maximum absolute atomic E-state index is 9.22. The Kier molecular flexibility index (Phi) is 33.6. The van der Waals surface area contributed by atoms with E-state index in [9.17, 15) is 5.11 Å². The topological polar surface area (TPSA) is 83.0 Å². The number of rotatable bonds is 1. The summed E-state index contributed by atoms with van der Waals surface area (Å²) in [5, 5.41) is 9.22. The van der Waals surface area contributed by atoms with Gasteiger partial charge in [0.05, 0.1) is 33.5 Å². The van der Waals surface area contributed by atoms with E-state index in [-0.39, 0.29) is 88.2 Å². The van der Waals surface area contributed by atoms with Gasteiger partial charge in [-0.05, 0) is 83.1 Å². The fraction of sp³-hybridized carbons (Fsp3) is 0.889. The molecule has 0 bridgehead atoms. The molecule has 0 atom stereocenters. The summed E-state index contributed by atoms with van der Waals surface area (Å²) < 4.78 is 11.8. The molecular formula is C18H39Cl3Na2O4. The minimum absolute atomic E-state index is 0. The molecule has 0 unspecified atom stereocenters. The molecule has 9 heteroatoms. The molecule has 0 amide bonds. The first kappa shape index (κ1) is 47.3. The maximum atomic E-state index is 9.22. The number of halogens is 3. The summed E-state index contributed by atoms with van der Waals surface area (Å²) in [7, 11) is 0. The quantitative estimate of drug-likeness (QED) is 0.181.